The predicted octanol–water partition coefficient (Wildman–Crippen LogP) is 0.268. The number of aliphatic hydroxyl groups is 1. The molecule has 0 aliphatic heterocycles. The van der Waals surface area contributed by atoms with E-state index in [-0.39, 0.29) is 5.91 Å². The zero-order valence-electron chi connectivity index (χ0n) is 10.4. The average Bonchev–Trinajstić information content (AvgIpc) is 2.27. The Bertz CT molecular complexity index is 339. The van der Waals surface area contributed by atoms with Gasteiger partial charge in [-0.1, -0.05) is 30.3 Å². The number of carbonyl (C=O) groups is 1. The fraction of sp³-hybridized carbons (Fsp3) is 0.462. The minimum absolute atomic E-state index is 0.0611. The molecule has 17 heavy (non-hydrogen) atoms. The fourth-order valence-electron chi connectivity index (χ4n) is 1.56. The van der Waals surface area contributed by atoms with Crippen LogP contribution in [0.3, 0.4) is 0 Å². The number of aliphatic hydroxyl groups excluding tert-OH is 1. The Morgan fingerprint density at radius 1 is 1.35 bits per heavy atom. The maximum absolute atomic E-state index is 11.6. The van der Waals surface area contributed by atoms with Gasteiger partial charge in [-0.2, -0.15) is 0 Å². The Morgan fingerprint density at radius 3 is 2.59 bits per heavy atom. The highest BCUT2D eigenvalue weighted by molar-refractivity contribution is 5.78. The smallest absolute Gasteiger partial charge is 0.224 e. The molecule has 0 fully saturated rings. The van der Waals surface area contributed by atoms with Crippen molar-refractivity contribution in [2.45, 2.75) is 12.5 Å². The molecular weight excluding hydrogens is 216 g/mol. The summed E-state index contributed by atoms with van der Waals surface area (Å²) in [6.07, 6.45) is -0.167. The van der Waals surface area contributed by atoms with Crippen LogP contribution in [0.5, 0.6) is 0 Å². The molecule has 1 amide bonds. The summed E-state index contributed by atoms with van der Waals surface area (Å²) in [6, 6.07) is 9.56. The number of hydrogen-bond donors (Lipinski definition) is 2. The van der Waals surface area contributed by atoms with Crippen LogP contribution in [0.15, 0.2) is 30.3 Å². The molecule has 0 saturated heterocycles. The zero-order valence-corrected chi connectivity index (χ0v) is 10.4. The van der Waals surface area contributed by atoms with E-state index < -0.39 is 6.10 Å². The molecule has 1 atom stereocenters. The van der Waals surface area contributed by atoms with Crippen LogP contribution >= 0.6 is 0 Å². The van der Waals surface area contributed by atoms with Gasteiger partial charge in [-0.3, -0.25) is 4.79 Å². The second kappa shape index (κ2) is 7.04. The monoisotopic (exact) mass is 236 g/mol. The van der Waals surface area contributed by atoms with E-state index in [4.69, 9.17) is 0 Å². The van der Waals surface area contributed by atoms with Gasteiger partial charge in [0.2, 0.25) is 5.91 Å². The molecule has 1 aromatic carbocycles. The molecular formula is C13H20N2O2. The number of carbonyl (C=O) groups excluding carboxylic acids is 1. The number of nitrogens with one attached hydrogen (secondary N) is 1. The standard InChI is InChI=1S/C13H20N2O2/c1-15(2)10-12(16)9-14-13(17)8-11-6-4-3-5-7-11/h3-7,12,16H,8-10H2,1-2H3,(H,14,17). The van der Waals surface area contributed by atoms with Crippen LogP contribution in [-0.4, -0.2) is 49.2 Å². The Balaban J connectivity index is 2.26. The molecule has 4 nitrogen and oxygen atoms in total. The summed E-state index contributed by atoms with van der Waals surface area (Å²) in [5, 5.41) is 12.3. The van der Waals surface area contributed by atoms with E-state index in [1.165, 1.54) is 0 Å². The summed E-state index contributed by atoms with van der Waals surface area (Å²) < 4.78 is 0. The number of amides is 1. The van der Waals surface area contributed by atoms with Gasteiger partial charge in [-0.05, 0) is 19.7 Å². The normalized spacial score (nSPS) is 12.5. The number of rotatable bonds is 6. The van der Waals surface area contributed by atoms with Crippen LogP contribution in [0.1, 0.15) is 5.56 Å². The van der Waals surface area contributed by atoms with E-state index in [1.54, 1.807) is 0 Å². The molecule has 1 unspecified atom stereocenters. The van der Waals surface area contributed by atoms with Gasteiger partial charge in [0.05, 0.1) is 12.5 Å². The van der Waals surface area contributed by atoms with E-state index >= 15 is 0 Å². The predicted molar refractivity (Wildman–Crippen MR) is 67.7 cm³/mol. The van der Waals surface area contributed by atoms with Crippen LogP contribution in [-0.2, 0) is 11.2 Å². The maximum atomic E-state index is 11.6. The summed E-state index contributed by atoms with van der Waals surface area (Å²) in [4.78, 5) is 13.4. The first-order valence-electron chi connectivity index (χ1n) is 5.71. The number of benzene rings is 1. The van der Waals surface area contributed by atoms with Crippen LogP contribution < -0.4 is 5.32 Å². The van der Waals surface area contributed by atoms with Crippen molar-refractivity contribution >= 4 is 5.91 Å². The van der Waals surface area contributed by atoms with E-state index in [9.17, 15) is 9.90 Å². The average molecular weight is 236 g/mol. The van der Waals surface area contributed by atoms with Crippen molar-refractivity contribution in [3.05, 3.63) is 35.9 Å². The number of nitrogens with zero attached hydrogens (tertiary/aromatic N) is 1. The lowest BCUT2D eigenvalue weighted by Gasteiger charge is -2.16. The van der Waals surface area contributed by atoms with Gasteiger partial charge in [0.25, 0.3) is 0 Å². The van der Waals surface area contributed by atoms with Crippen LogP contribution in [0, 0.1) is 0 Å². The molecule has 0 bridgehead atoms. The quantitative estimate of drug-likeness (QED) is 0.745. The van der Waals surface area contributed by atoms with Gasteiger partial charge in [-0.15, -0.1) is 0 Å². The first kappa shape index (κ1) is 13.7. The van der Waals surface area contributed by atoms with Crippen molar-refractivity contribution in [3.63, 3.8) is 0 Å². The Kier molecular flexibility index (Phi) is 5.66. The molecule has 4 heteroatoms. The summed E-state index contributed by atoms with van der Waals surface area (Å²) >= 11 is 0. The topological polar surface area (TPSA) is 52.6 Å². The van der Waals surface area contributed by atoms with Crippen molar-refractivity contribution in [1.82, 2.24) is 10.2 Å². The summed E-state index contributed by atoms with van der Waals surface area (Å²) in [5.41, 5.74) is 0.979. The Hall–Kier alpha value is -1.39. The van der Waals surface area contributed by atoms with Gasteiger partial charge >= 0.3 is 0 Å². The molecule has 0 saturated carbocycles. The second-order valence-corrected chi connectivity index (χ2v) is 4.38. The lowest BCUT2D eigenvalue weighted by atomic mass is 10.1. The van der Waals surface area contributed by atoms with Crippen LogP contribution in [0.4, 0.5) is 0 Å². The SMILES string of the molecule is CN(C)CC(O)CNC(=O)Cc1ccccc1. The van der Waals surface area contributed by atoms with Gasteiger partial charge < -0.3 is 15.3 Å². The first-order valence-corrected chi connectivity index (χ1v) is 5.71. The minimum Gasteiger partial charge on any atom is -0.390 e. The number of likely N-dealkylation sites (N-methyl/N-ethyl adjacent to an activating group) is 1. The fourth-order valence-corrected chi connectivity index (χ4v) is 1.56. The van der Waals surface area contributed by atoms with Crippen molar-refractivity contribution in [3.8, 4) is 0 Å². The Morgan fingerprint density at radius 2 is 2.00 bits per heavy atom. The highest BCUT2D eigenvalue weighted by Crippen LogP contribution is 1.99. The molecule has 94 valence electrons. The summed E-state index contributed by atoms with van der Waals surface area (Å²) in [5.74, 6) is -0.0611. The third kappa shape index (κ3) is 6.04. The molecule has 0 spiro atoms. The van der Waals surface area contributed by atoms with Crippen molar-refractivity contribution in [2.75, 3.05) is 27.2 Å². The highest BCUT2D eigenvalue weighted by atomic mass is 16.3. The largest absolute Gasteiger partial charge is 0.390 e. The highest BCUT2D eigenvalue weighted by Gasteiger charge is 2.08. The van der Waals surface area contributed by atoms with Crippen molar-refractivity contribution < 1.29 is 9.90 Å². The lowest BCUT2D eigenvalue weighted by molar-refractivity contribution is -0.120. The van der Waals surface area contributed by atoms with Gasteiger partial charge in [0.15, 0.2) is 0 Å². The first-order chi connectivity index (χ1) is 8.08. The zero-order chi connectivity index (χ0) is 12.7. The molecule has 0 aliphatic rings. The van der Waals surface area contributed by atoms with Crippen molar-refractivity contribution in [2.24, 2.45) is 0 Å². The lowest BCUT2D eigenvalue weighted by Crippen LogP contribution is -2.38. The van der Waals surface area contributed by atoms with E-state index in [1.807, 2.05) is 49.3 Å². The summed E-state index contributed by atoms with van der Waals surface area (Å²) in [6.45, 7) is 0.843. The van der Waals surface area contributed by atoms with Gasteiger partial charge in [0.1, 0.15) is 0 Å². The van der Waals surface area contributed by atoms with Crippen LogP contribution in [0.2, 0.25) is 0 Å². The maximum Gasteiger partial charge on any atom is 0.224 e. The van der Waals surface area contributed by atoms with Crippen LogP contribution in [0.25, 0.3) is 0 Å². The molecule has 0 radical (unpaired) electrons. The summed E-state index contributed by atoms with van der Waals surface area (Å²) in [7, 11) is 3.77. The Labute approximate surface area is 102 Å². The molecule has 0 heterocycles. The molecule has 1 rings (SSSR count). The van der Waals surface area contributed by atoms with E-state index in [2.05, 4.69) is 5.32 Å². The molecule has 1 aromatic rings. The molecule has 0 aliphatic carbocycles. The molecule has 0 aromatic heterocycles. The van der Waals surface area contributed by atoms with E-state index in [0.29, 0.717) is 19.5 Å². The third-order valence-corrected chi connectivity index (χ3v) is 2.32. The third-order valence-electron chi connectivity index (χ3n) is 2.32. The van der Waals surface area contributed by atoms with Crippen molar-refractivity contribution in [1.29, 1.82) is 0 Å². The van der Waals surface area contributed by atoms with Gasteiger partial charge in [0, 0.05) is 13.1 Å². The second-order valence-electron chi connectivity index (χ2n) is 4.38. The van der Waals surface area contributed by atoms with Gasteiger partial charge in [-0.25, -0.2) is 0 Å². The van der Waals surface area contributed by atoms with E-state index in [0.717, 1.165) is 5.56 Å². The number of hydrogen-bond acceptors (Lipinski definition) is 3. The minimum atomic E-state index is -0.523. The molecule has 2 N–H and O–H groups in total.